The van der Waals surface area contributed by atoms with E-state index in [0.717, 1.165) is 5.57 Å². The first-order valence-corrected chi connectivity index (χ1v) is 12.6. The number of fused-ring (bicyclic) bond motifs is 2. The topological polar surface area (TPSA) is 79.3 Å². The SMILES string of the molecule is C=C1CC2C(O[Si](C)(C)C(C)(C)C)N(C(=O)O)c3ccc(OC)cc3C(=O)N2C1. The summed E-state index contributed by atoms with van der Waals surface area (Å²) in [6.45, 7) is 14.9. The lowest BCUT2D eigenvalue weighted by molar-refractivity contribution is 0.0542. The van der Waals surface area contributed by atoms with Gasteiger partial charge in [0.1, 0.15) is 5.75 Å². The highest BCUT2D eigenvalue weighted by Gasteiger charge is 2.50. The third kappa shape index (κ3) is 3.66. The molecule has 158 valence electrons. The zero-order chi connectivity index (χ0) is 21.7. The van der Waals surface area contributed by atoms with E-state index in [-0.39, 0.29) is 10.9 Å². The molecule has 0 aliphatic carbocycles. The summed E-state index contributed by atoms with van der Waals surface area (Å²) in [6.07, 6.45) is -1.43. The molecule has 2 unspecified atom stereocenters. The number of carboxylic acid groups (broad SMARTS) is 1. The summed E-state index contributed by atoms with van der Waals surface area (Å²) in [7, 11) is -0.827. The summed E-state index contributed by atoms with van der Waals surface area (Å²) in [5.74, 6) is 0.274. The number of nitrogens with zero attached hydrogens (tertiary/aromatic N) is 2. The van der Waals surface area contributed by atoms with E-state index in [4.69, 9.17) is 9.16 Å². The van der Waals surface area contributed by atoms with Crippen molar-refractivity contribution in [3.05, 3.63) is 35.9 Å². The number of anilines is 1. The maximum Gasteiger partial charge on any atom is 0.414 e. The largest absolute Gasteiger partial charge is 0.497 e. The molecule has 0 radical (unpaired) electrons. The second-order valence-corrected chi connectivity index (χ2v) is 14.0. The fourth-order valence-electron chi connectivity index (χ4n) is 3.61. The molecule has 1 aromatic rings. The van der Waals surface area contributed by atoms with Crippen molar-refractivity contribution in [2.24, 2.45) is 0 Å². The van der Waals surface area contributed by atoms with Gasteiger partial charge in [-0.3, -0.25) is 4.79 Å². The van der Waals surface area contributed by atoms with Gasteiger partial charge in [0.15, 0.2) is 14.5 Å². The Morgan fingerprint density at radius 1 is 1.31 bits per heavy atom. The lowest BCUT2D eigenvalue weighted by atomic mass is 10.1. The molecule has 1 aromatic carbocycles. The van der Waals surface area contributed by atoms with Gasteiger partial charge in [-0.2, -0.15) is 0 Å². The highest BCUT2D eigenvalue weighted by molar-refractivity contribution is 6.74. The van der Waals surface area contributed by atoms with Crippen LogP contribution in [-0.4, -0.2) is 56.2 Å². The predicted molar refractivity (Wildman–Crippen MR) is 114 cm³/mol. The van der Waals surface area contributed by atoms with E-state index in [0.29, 0.717) is 30.0 Å². The molecule has 7 nitrogen and oxygen atoms in total. The van der Waals surface area contributed by atoms with Crippen molar-refractivity contribution in [3.63, 3.8) is 0 Å². The number of methoxy groups -OCH3 is 1. The molecule has 2 aliphatic rings. The van der Waals surface area contributed by atoms with Crippen molar-refractivity contribution in [3.8, 4) is 5.75 Å². The number of hydrogen-bond donors (Lipinski definition) is 1. The summed E-state index contributed by atoms with van der Waals surface area (Å²) in [5, 5.41) is 10.0. The lowest BCUT2D eigenvalue weighted by Crippen LogP contribution is -2.57. The van der Waals surface area contributed by atoms with Crippen molar-refractivity contribution in [1.82, 2.24) is 4.90 Å². The van der Waals surface area contributed by atoms with E-state index in [1.54, 1.807) is 23.1 Å². The van der Waals surface area contributed by atoms with Crippen molar-refractivity contribution < 1.29 is 23.9 Å². The van der Waals surface area contributed by atoms with E-state index in [1.165, 1.54) is 12.0 Å². The van der Waals surface area contributed by atoms with Crippen LogP contribution >= 0.6 is 0 Å². The van der Waals surface area contributed by atoms with Crippen molar-refractivity contribution in [2.75, 3.05) is 18.6 Å². The minimum atomic E-state index is -2.34. The Labute approximate surface area is 173 Å². The second kappa shape index (κ2) is 7.18. The van der Waals surface area contributed by atoms with Crippen LogP contribution in [-0.2, 0) is 4.43 Å². The zero-order valence-electron chi connectivity index (χ0n) is 18.0. The highest BCUT2D eigenvalue weighted by Crippen LogP contribution is 2.43. The van der Waals surface area contributed by atoms with Crippen LogP contribution in [0, 0.1) is 0 Å². The number of hydrogen-bond acceptors (Lipinski definition) is 4. The Kier molecular flexibility index (Phi) is 5.29. The number of ether oxygens (including phenoxy) is 1. The van der Waals surface area contributed by atoms with Gasteiger partial charge >= 0.3 is 6.09 Å². The summed E-state index contributed by atoms with van der Waals surface area (Å²) >= 11 is 0. The second-order valence-electron chi connectivity index (χ2n) is 9.26. The molecule has 0 aromatic heterocycles. The molecule has 1 N–H and O–H groups in total. The van der Waals surface area contributed by atoms with Gasteiger partial charge in [0, 0.05) is 6.54 Å². The standard InChI is InChI=1S/C21H30N2O5Si/c1-13-10-17-19(28-29(6,7)21(2,3)4)23(20(25)26)16-9-8-14(27-5)11-15(16)18(24)22(17)12-13/h8-9,11,17,19H,1,10,12H2,2-7H3,(H,25,26). The van der Waals surface area contributed by atoms with E-state index in [9.17, 15) is 14.7 Å². The zero-order valence-corrected chi connectivity index (χ0v) is 19.0. The number of carbonyl (C=O) groups excluding carboxylic acids is 1. The van der Waals surface area contributed by atoms with E-state index in [1.807, 2.05) is 0 Å². The molecule has 2 atom stereocenters. The maximum absolute atomic E-state index is 13.4. The number of amides is 2. The third-order valence-corrected chi connectivity index (χ3v) is 10.7. The van der Waals surface area contributed by atoms with Crippen LogP contribution in [0.25, 0.3) is 0 Å². The predicted octanol–water partition coefficient (Wildman–Crippen LogP) is 4.31. The summed E-state index contributed by atoms with van der Waals surface area (Å²) < 4.78 is 11.9. The molecule has 1 fully saturated rings. The van der Waals surface area contributed by atoms with Gasteiger partial charge in [0.25, 0.3) is 5.91 Å². The van der Waals surface area contributed by atoms with Crippen LogP contribution in [0.3, 0.4) is 0 Å². The van der Waals surface area contributed by atoms with Crippen LogP contribution in [0.2, 0.25) is 18.1 Å². The molecule has 2 amide bonds. The molecule has 2 heterocycles. The molecule has 8 heteroatoms. The highest BCUT2D eigenvalue weighted by atomic mass is 28.4. The molecule has 2 aliphatic heterocycles. The summed E-state index contributed by atoms with van der Waals surface area (Å²) in [4.78, 5) is 28.7. The first kappa shape index (κ1) is 21.4. The Balaban J connectivity index is 2.20. The Hall–Kier alpha value is -2.32. The Bertz CT molecular complexity index is 861. The summed E-state index contributed by atoms with van der Waals surface area (Å²) in [5.41, 5.74) is 1.52. The average Bonchev–Trinajstić information content (AvgIpc) is 2.97. The Morgan fingerprint density at radius 2 is 1.97 bits per heavy atom. The Morgan fingerprint density at radius 3 is 2.52 bits per heavy atom. The summed E-state index contributed by atoms with van der Waals surface area (Å²) in [6, 6.07) is 4.47. The smallest absolute Gasteiger partial charge is 0.414 e. The molecule has 3 rings (SSSR count). The first-order valence-electron chi connectivity index (χ1n) is 9.73. The molecular formula is C21H30N2O5Si. The van der Waals surface area contributed by atoms with Gasteiger partial charge in [-0.15, -0.1) is 0 Å². The minimum Gasteiger partial charge on any atom is -0.497 e. The average molecular weight is 419 g/mol. The van der Waals surface area contributed by atoms with Crippen LogP contribution in [0.15, 0.2) is 30.4 Å². The van der Waals surface area contributed by atoms with Crippen LogP contribution in [0.1, 0.15) is 37.6 Å². The maximum atomic E-state index is 13.4. The molecule has 0 spiro atoms. The molecule has 1 saturated heterocycles. The fourth-order valence-corrected chi connectivity index (χ4v) is 4.83. The quantitative estimate of drug-likeness (QED) is 0.584. The monoisotopic (exact) mass is 418 g/mol. The number of carbonyl (C=O) groups is 2. The van der Waals surface area contributed by atoms with Gasteiger partial charge < -0.3 is 19.2 Å². The molecular weight excluding hydrogens is 388 g/mol. The molecule has 29 heavy (non-hydrogen) atoms. The van der Waals surface area contributed by atoms with Gasteiger partial charge in [-0.1, -0.05) is 32.9 Å². The van der Waals surface area contributed by atoms with Gasteiger partial charge in [-0.25, -0.2) is 9.69 Å². The van der Waals surface area contributed by atoms with E-state index < -0.39 is 26.7 Å². The van der Waals surface area contributed by atoms with Gasteiger partial charge in [-0.05, 0) is 42.8 Å². The fraction of sp³-hybridized carbons (Fsp3) is 0.524. The number of rotatable bonds is 3. The van der Waals surface area contributed by atoms with E-state index in [2.05, 4.69) is 40.4 Å². The van der Waals surface area contributed by atoms with Crippen LogP contribution in [0.4, 0.5) is 10.5 Å². The van der Waals surface area contributed by atoms with E-state index >= 15 is 0 Å². The minimum absolute atomic E-state index is 0.114. The third-order valence-electron chi connectivity index (χ3n) is 6.26. The molecule has 0 bridgehead atoms. The number of benzene rings is 1. The lowest BCUT2D eigenvalue weighted by Gasteiger charge is -2.44. The normalized spacial score (nSPS) is 22.3. The van der Waals surface area contributed by atoms with Gasteiger partial charge in [0.2, 0.25) is 0 Å². The van der Waals surface area contributed by atoms with Crippen molar-refractivity contribution in [2.45, 2.75) is 57.6 Å². The van der Waals surface area contributed by atoms with Crippen LogP contribution < -0.4 is 9.64 Å². The van der Waals surface area contributed by atoms with Crippen LogP contribution in [0.5, 0.6) is 5.75 Å². The molecule has 0 saturated carbocycles. The van der Waals surface area contributed by atoms with Gasteiger partial charge in [0.05, 0.1) is 24.4 Å². The van der Waals surface area contributed by atoms with Crippen molar-refractivity contribution in [1.29, 1.82) is 0 Å². The first-order chi connectivity index (χ1) is 13.4. The van der Waals surface area contributed by atoms with Crippen molar-refractivity contribution >= 4 is 26.0 Å².